The maximum atomic E-state index is 13.4. The molecule has 1 aliphatic rings. The third-order valence-corrected chi connectivity index (χ3v) is 7.47. The van der Waals surface area contributed by atoms with Crippen LogP contribution in [0, 0.1) is 0 Å². The molecule has 0 bridgehead atoms. The number of ether oxygens (including phenoxy) is 3. The number of hydrogen-bond donors (Lipinski definition) is 2. The number of urea groups is 1. The van der Waals surface area contributed by atoms with Crippen molar-refractivity contribution >= 4 is 34.0 Å². The Balaban J connectivity index is 1.18. The van der Waals surface area contributed by atoms with Crippen LogP contribution in [0.1, 0.15) is 26.5 Å². The van der Waals surface area contributed by atoms with Crippen molar-refractivity contribution in [2.24, 2.45) is 0 Å². The minimum atomic E-state index is -0.391. The number of carbonyl (C=O) groups excluding carboxylic acids is 1. The van der Waals surface area contributed by atoms with E-state index in [0.29, 0.717) is 36.3 Å². The number of aromatic nitrogens is 3. The summed E-state index contributed by atoms with van der Waals surface area (Å²) in [7, 11) is 1.57. The first-order chi connectivity index (χ1) is 21.3. The lowest BCUT2D eigenvalue weighted by Crippen LogP contribution is -2.35. The number of methoxy groups -OCH3 is 1. The molecule has 10 heteroatoms. The number of pyridine rings is 1. The number of anilines is 3. The van der Waals surface area contributed by atoms with Crippen molar-refractivity contribution in [1.82, 2.24) is 14.8 Å². The van der Waals surface area contributed by atoms with E-state index in [9.17, 15) is 4.79 Å². The van der Waals surface area contributed by atoms with Crippen LogP contribution in [0.15, 0.2) is 85.1 Å². The first kappa shape index (κ1) is 28.9. The van der Waals surface area contributed by atoms with Gasteiger partial charge in [-0.1, -0.05) is 57.2 Å². The standard InChI is InChI=1S/C34H36N6O4/c1-34(2,3)30-21-31(40(38-30)23-13-16-32(42-4)35-22-23)37-33(41)36-26-14-15-28(25-10-6-5-9-24(25)26)43-19-17-39-18-20-44-29-12-8-7-11-27(29)39/h5-16,21-22H,17-20H2,1-4H3,(H2,36,37,41). The largest absolute Gasteiger partial charge is 0.491 e. The zero-order valence-electron chi connectivity index (χ0n) is 25.3. The summed E-state index contributed by atoms with van der Waals surface area (Å²) in [4.78, 5) is 19.9. The highest BCUT2D eigenvalue weighted by Gasteiger charge is 2.22. The van der Waals surface area contributed by atoms with Gasteiger partial charge in [0, 0.05) is 28.3 Å². The van der Waals surface area contributed by atoms with Crippen molar-refractivity contribution in [1.29, 1.82) is 0 Å². The monoisotopic (exact) mass is 592 g/mol. The highest BCUT2D eigenvalue weighted by atomic mass is 16.5. The molecule has 3 heterocycles. The summed E-state index contributed by atoms with van der Waals surface area (Å²) in [6, 6.07) is 24.8. The van der Waals surface area contributed by atoms with E-state index in [4.69, 9.17) is 19.3 Å². The summed E-state index contributed by atoms with van der Waals surface area (Å²) in [5.41, 5.74) is 3.05. The molecule has 0 spiro atoms. The number of amides is 2. The lowest BCUT2D eigenvalue weighted by atomic mass is 9.92. The molecule has 1 aliphatic heterocycles. The molecule has 5 aromatic rings. The molecule has 0 radical (unpaired) electrons. The van der Waals surface area contributed by atoms with E-state index < -0.39 is 6.03 Å². The second-order valence-corrected chi connectivity index (χ2v) is 11.5. The zero-order chi connectivity index (χ0) is 30.7. The highest BCUT2D eigenvalue weighted by molar-refractivity contribution is 6.07. The van der Waals surface area contributed by atoms with Crippen LogP contribution in [-0.4, -0.2) is 54.2 Å². The molecule has 0 fully saturated rings. The third kappa shape index (κ3) is 6.10. The number of hydrogen-bond acceptors (Lipinski definition) is 7. The van der Waals surface area contributed by atoms with Crippen molar-refractivity contribution < 1.29 is 19.0 Å². The molecule has 0 saturated carbocycles. The van der Waals surface area contributed by atoms with Gasteiger partial charge in [-0.3, -0.25) is 5.32 Å². The Hall–Kier alpha value is -5.25. The summed E-state index contributed by atoms with van der Waals surface area (Å²) in [6.45, 7) is 8.92. The Morgan fingerprint density at radius 3 is 2.55 bits per heavy atom. The molecule has 0 unspecified atom stereocenters. The maximum absolute atomic E-state index is 13.4. The highest BCUT2D eigenvalue weighted by Crippen LogP contribution is 2.34. The smallest absolute Gasteiger partial charge is 0.324 e. The lowest BCUT2D eigenvalue weighted by Gasteiger charge is -2.31. The average molecular weight is 593 g/mol. The van der Waals surface area contributed by atoms with Crippen LogP contribution in [-0.2, 0) is 5.41 Å². The van der Waals surface area contributed by atoms with E-state index in [0.717, 1.165) is 46.7 Å². The van der Waals surface area contributed by atoms with Gasteiger partial charge in [0.05, 0.1) is 49.2 Å². The Morgan fingerprint density at radius 2 is 1.77 bits per heavy atom. The van der Waals surface area contributed by atoms with E-state index in [1.54, 1.807) is 24.1 Å². The number of rotatable bonds is 8. The van der Waals surface area contributed by atoms with E-state index >= 15 is 0 Å². The van der Waals surface area contributed by atoms with Gasteiger partial charge in [0.2, 0.25) is 5.88 Å². The number of fused-ring (bicyclic) bond motifs is 2. The second kappa shape index (κ2) is 12.2. The molecule has 0 atom stereocenters. The van der Waals surface area contributed by atoms with Crippen LogP contribution < -0.4 is 29.7 Å². The van der Waals surface area contributed by atoms with Gasteiger partial charge in [0.25, 0.3) is 0 Å². The predicted molar refractivity (Wildman–Crippen MR) is 173 cm³/mol. The van der Waals surface area contributed by atoms with Crippen LogP contribution in [0.3, 0.4) is 0 Å². The summed E-state index contributed by atoms with van der Waals surface area (Å²) >= 11 is 0. The third-order valence-electron chi connectivity index (χ3n) is 7.47. The predicted octanol–water partition coefficient (Wildman–Crippen LogP) is 6.65. The minimum absolute atomic E-state index is 0.227. The molecule has 226 valence electrons. The molecule has 0 saturated heterocycles. The molecule has 6 rings (SSSR count). The van der Waals surface area contributed by atoms with Crippen molar-refractivity contribution in [3.8, 4) is 23.1 Å². The van der Waals surface area contributed by atoms with Gasteiger partial charge in [-0.15, -0.1) is 0 Å². The fourth-order valence-corrected chi connectivity index (χ4v) is 5.15. The first-order valence-electron chi connectivity index (χ1n) is 14.6. The fraction of sp³-hybridized carbons (Fsp3) is 0.265. The summed E-state index contributed by atoms with van der Waals surface area (Å²) in [5.74, 6) is 2.67. The summed E-state index contributed by atoms with van der Waals surface area (Å²) < 4.78 is 18.9. The van der Waals surface area contributed by atoms with Crippen LogP contribution in [0.5, 0.6) is 17.4 Å². The average Bonchev–Trinajstić information content (AvgIpc) is 3.46. The van der Waals surface area contributed by atoms with Crippen molar-refractivity contribution in [2.75, 3.05) is 48.9 Å². The molecular formula is C34H36N6O4. The van der Waals surface area contributed by atoms with Crippen LogP contribution in [0.4, 0.5) is 22.0 Å². The molecule has 2 N–H and O–H groups in total. The first-order valence-corrected chi connectivity index (χ1v) is 14.6. The maximum Gasteiger partial charge on any atom is 0.324 e. The number of benzene rings is 3. The Kier molecular flexibility index (Phi) is 7.97. The molecule has 44 heavy (non-hydrogen) atoms. The molecule has 0 aliphatic carbocycles. The normalized spacial score (nSPS) is 12.8. The second-order valence-electron chi connectivity index (χ2n) is 11.5. The van der Waals surface area contributed by atoms with Crippen molar-refractivity contribution in [3.63, 3.8) is 0 Å². The van der Waals surface area contributed by atoms with E-state index in [1.165, 1.54) is 0 Å². The number of para-hydroxylation sites is 2. The Bertz CT molecular complexity index is 1780. The number of carbonyl (C=O) groups is 1. The molecule has 10 nitrogen and oxygen atoms in total. The quantitative estimate of drug-likeness (QED) is 0.208. The van der Waals surface area contributed by atoms with Gasteiger partial charge in [-0.05, 0) is 30.3 Å². The lowest BCUT2D eigenvalue weighted by molar-refractivity contribution is 0.262. The van der Waals surface area contributed by atoms with Crippen molar-refractivity contribution in [2.45, 2.75) is 26.2 Å². The molecule has 2 aromatic heterocycles. The molecular weight excluding hydrogens is 556 g/mol. The fourth-order valence-electron chi connectivity index (χ4n) is 5.15. The van der Waals surface area contributed by atoms with E-state index in [-0.39, 0.29) is 5.41 Å². The van der Waals surface area contributed by atoms with E-state index in [2.05, 4.69) is 47.4 Å². The van der Waals surface area contributed by atoms with Gasteiger partial charge in [0.1, 0.15) is 30.5 Å². The van der Waals surface area contributed by atoms with Crippen LogP contribution in [0.2, 0.25) is 0 Å². The van der Waals surface area contributed by atoms with Gasteiger partial charge in [-0.25, -0.2) is 14.5 Å². The number of nitrogens with zero attached hydrogens (tertiary/aromatic N) is 4. The molecule has 2 amide bonds. The number of nitrogens with one attached hydrogen (secondary N) is 2. The van der Waals surface area contributed by atoms with Gasteiger partial charge >= 0.3 is 6.03 Å². The summed E-state index contributed by atoms with van der Waals surface area (Å²) in [6.07, 6.45) is 1.66. The van der Waals surface area contributed by atoms with Gasteiger partial charge in [-0.2, -0.15) is 5.10 Å². The van der Waals surface area contributed by atoms with Crippen molar-refractivity contribution in [3.05, 3.63) is 90.8 Å². The van der Waals surface area contributed by atoms with Crippen LogP contribution >= 0.6 is 0 Å². The minimum Gasteiger partial charge on any atom is -0.491 e. The molecule has 3 aromatic carbocycles. The Morgan fingerprint density at radius 1 is 0.977 bits per heavy atom. The van der Waals surface area contributed by atoms with E-state index in [1.807, 2.05) is 66.7 Å². The zero-order valence-corrected chi connectivity index (χ0v) is 25.3. The summed E-state index contributed by atoms with van der Waals surface area (Å²) in [5, 5.41) is 12.6. The van der Waals surface area contributed by atoms with Gasteiger partial charge in [0.15, 0.2) is 0 Å². The topological polar surface area (TPSA) is 103 Å². The SMILES string of the molecule is COc1ccc(-n2nc(C(C)(C)C)cc2NC(=O)Nc2ccc(OCCN3CCOc4ccccc43)c3ccccc23)cn1. The van der Waals surface area contributed by atoms with Crippen LogP contribution in [0.25, 0.3) is 16.5 Å². The van der Waals surface area contributed by atoms with Gasteiger partial charge < -0.3 is 24.4 Å². The Labute approximate surface area is 256 Å².